The van der Waals surface area contributed by atoms with Crippen molar-refractivity contribution in [3.05, 3.63) is 45.9 Å². The summed E-state index contributed by atoms with van der Waals surface area (Å²) in [5.74, 6) is 0. The first kappa shape index (κ1) is 9.00. The Balaban J connectivity index is 2.91. The SMILES string of the molecule is CCc1c[nH]c(=O)c2cc(C)ccc12. The van der Waals surface area contributed by atoms with E-state index in [2.05, 4.69) is 11.9 Å². The summed E-state index contributed by atoms with van der Waals surface area (Å²) in [5.41, 5.74) is 2.32. The molecule has 0 atom stereocenters. The molecule has 2 nitrogen and oxygen atoms in total. The van der Waals surface area contributed by atoms with Crippen LogP contribution in [-0.2, 0) is 6.42 Å². The molecule has 0 radical (unpaired) electrons. The maximum Gasteiger partial charge on any atom is 0.255 e. The number of pyridine rings is 1. The monoisotopic (exact) mass is 187 g/mol. The van der Waals surface area contributed by atoms with Crippen LogP contribution in [0.25, 0.3) is 10.8 Å². The summed E-state index contributed by atoms with van der Waals surface area (Å²) in [7, 11) is 0. The maximum absolute atomic E-state index is 11.5. The number of aryl methyl sites for hydroxylation is 2. The van der Waals surface area contributed by atoms with Crippen LogP contribution in [0.3, 0.4) is 0 Å². The fourth-order valence-electron chi connectivity index (χ4n) is 1.73. The Morgan fingerprint density at radius 1 is 1.29 bits per heavy atom. The Labute approximate surface area is 82.6 Å². The van der Waals surface area contributed by atoms with E-state index in [0.29, 0.717) is 0 Å². The molecular formula is C12H13NO. The molecule has 1 aromatic carbocycles. The predicted molar refractivity (Wildman–Crippen MR) is 58.7 cm³/mol. The Hall–Kier alpha value is -1.57. The minimum absolute atomic E-state index is 0.000833. The predicted octanol–water partition coefficient (Wildman–Crippen LogP) is 2.40. The molecule has 2 rings (SSSR count). The van der Waals surface area contributed by atoms with Crippen LogP contribution >= 0.6 is 0 Å². The molecule has 0 aliphatic rings. The van der Waals surface area contributed by atoms with E-state index in [4.69, 9.17) is 0 Å². The van der Waals surface area contributed by atoms with Crippen LogP contribution in [0.1, 0.15) is 18.1 Å². The molecule has 72 valence electrons. The first-order valence-electron chi connectivity index (χ1n) is 4.83. The number of aromatic nitrogens is 1. The molecule has 0 unspecified atom stereocenters. The van der Waals surface area contributed by atoms with Crippen molar-refractivity contribution in [2.24, 2.45) is 0 Å². The summed E-state index contributed by atoms with van der Waals surface area (Å²) in [6.07, 6.45) is 2.75. The zero-order chi connectivity index (χ0) is 10.1. The molecule has 1 N–H and O–H groups in total. The van der Waals surface area contributed by atoms with Gasteiger partial charge in [0, 0.05) is 11.6 Å². The van der Waals surface area contributed by atoms with Crippen molar-refractivity contribution in [3.63, 3.8) is 0 Å². The second kappa shape index (κ2) is 3.29. The molecule has 2 aromatic rings. The van der Waals surface area contributed by atoms with Crippen molar-refractivity contribution in [1.29, 1.82) is 0 Å². The highest BCUT2D eigenvalue weighted by atomic mass is 16.1. The van der Waals surface area contributed by atoms with Crippen molar-refractivity contribution in [3.8, 4) is 0 Å². The average Bonchev–Trinajstić information content (AvgIpc) is 2.19. The van der Waals surface area contributed by atoms with Crippen LogP contribution < -0.4 is 5.56 Å². The Kier molecular flexibility index (Phi) is 2.12. The lowest BCUT2D eigenvalue weighted by Crippen LogP contribution is -2.06. The van der Waals surface area contributed by atoms with E-state index in [0.717, 1.165) is 22.8 Å². The van der Waals surface area contributed by atoms with Crippen molar-refractivity contribution in [1.82, 2.24) is 4.98 Å². The zero-order valence-electron chi connectivity index (χ0n) is 8.42. The van der Waals surface area contributed by atoms with Crippen molar-refractivity contribution in [2.45, 2.75) is 20.3 Å². The van der Waals surface area contributed by atoms with E-state index in [9.17, 15) is 4.79 Å². The van der Waals surface area contributed by atoms with Gasteiger partial charge in [-0.05, 0) is 30.4 Å². The van der Waals surface area contributed by atoms with Gasteiger partial charge in [0.05, 0.1) is 0 Å². The first-order chi connectivity index (χ1) is 6.72. The molecular weight excluding hydrogens is 174 g/mol. The minimum Gasteiger partial charge on any atom is -0.328 e. The number of aromatic amines is 1. The number of hydrogen-bond donors (Lipinski definition) is 1. The third-order valence-corrected chi connectivity index (χ3v) is 2.52. The van der Waals surface area contributed by atoms with E-state index >= 15 is 0 Å². The summed E-state index contributed by atoms with van der Waals surface area (Å²) in [6, 6.07) is 6.01. The van der Waals surface area contributed by atoms with Gasteiger partial charge in [-0.2, -0.15) is 0 Å². The highest BCUT2D eigenvalue weighted by Crippen LogP contribution is 2.16. The van der Waals surface area contributed by atoms with Crippen LogP contribution in [0, 0.1) is 6.92 Å². The van der Waals surface area contributed by atoms with E-state index in [-0.39, 0.29) is 5.56 Å². The zero-order valence-corrected chi connectivity index (χ0v) is 8.42. The van der Waals surface area contributed by atoms with Gasteiger partial charge in [-0.25, -0.2) is 0 Å². The Bertz CT molecular complexity index is 525. The number of hydrogen-bond acceptors (Lipinski definition) is 1. The smallest absolute Gasteiger partial charge is 0.255 e. The second-order valence-corrected chi connectivity index (χ2v) is 3.55. The number of H-pyrrole nitrogens is 1. The van der Waals surface area contributed by atoms with Gasteiger partial charge in [0.15, 0.2) is 0 Å². The third-order valence-electron chi connectivity index (χ3n) is 2.52. The molecule has 0 bridgehead atoms. The van der Waals surface area contributed by atoms with Gasteiger partial charge >= 0.3 is 0 Å². The fraction of sp³-hybridized carbons (Fsp3) is 0.250. The third kappa shape index (κ3) is 1.33. The van der Waals surface area contributed by atoms with Crippen LogP contribution in [0.2, 0.25) is 0 Å². The van der Waals surface area contributed by atoms with Gasteiger partial charge in [-0.3, -0.25) is 4.79 Å². The average molecular weight is 187 g/mol. The van der Waals surface area contributed by atoms with Gasteiger partial charge in [0.1, 0.15) is 0 Å². The van der Waals surface area contributed by atoms with Crippen molar-refractivity contribution < 1.29 is 0 Å². The quantitative estimate of drug-likeness (QED) is 0.730. The lowest BCUT2D eigenvalue weighted by molar-refractivity contribution is 1.11. The second-order valence-electron chi connectivity index (χ2n) is 3.55. The largest absolute Gasteiger partial charge is 0.328 e. The van der Waals surface area contributed by atoms with Crippen molar-refractivity contribution >= 4 is 10.8 Å². The first-order valence-corrected chi connectivity index (χ1v) is 4.83. The summed E-state index contributed by atoms with van der Waals surface area (Å²) in [4.78, 5) is 14.3. The normalized spacial score (nSPS) is 10.7. The van der Waals surface area contributed by atoms with E-state index < -0.39 is 0 Å². The number of fused-ring (bicyclic) bond motifs is 1. The molecule has 1 heterocycles. The number of rotatable bonds is 1. The molecule has 0 fully saturated rings. The lowest BCUT2D eigenvalue weighted by Gasteiger charge is -2.03. The maximum atomic E-state index is 11.5. The van der Waals surface area contributed by atoms with Crippen molar-refractivity contribution in [2.75, 3.05) is 0 Å². The Morgan fingerprint density at radius 3 is 2.79 bits per heavy atom. The van der Waals surface area contributed by atoms with E-state index in [1.54, 1.807) is 6.20 Å². The summed E-state index contributed by atoms with van der Waals surface area (Å²) >= 11 is 0. The Morgan fingerprint density at radius 2 is 2.07 bits per heavy atom. The van der Waals surface area contributed by atoms with E-state index in [1.807, 2.05) is 25.1 Å². The summed E-state index contributed by atoms with van der Waals surface area (Å²) in [5, 5.41) is 1.87. The lowest BCUT2D eigenvalue weighted by atomic mass is 10.0. The summed E-state index contributed by atoms with van der Waals surface area (Å²) < 4.78 is 0. The molecule has 0 amide bonds. The standard InChI is InChI=1S/C12H13NO/c1-3-9-7-13-12(14)11-6-8(2)4-5-10(9)11/h4-7H,3H2,1-2H3,(H,13,14). The number of nitrogens with one attached hydrogen (secondary N) is 1. The van der Waals surface area contributed by atoms with Crippen LogP contribution in [0.4, 0.5) is 0 Å². The van der Waals surface area contributed by atoms with Gasteiger partial charge < -0.3 is 4.98 Å². The molecule has 0 spiro atoms. The number of benzene rings is 1. The molecule has 0 aliphatic carbocycles. The fourth-order valence-corrected chi connectivity index (χ4v) is 1.73. The molecule has 0 aliphatic heterocycles. The molecule has 0 saturated heterocycles. The molecule has 2 heteroatoms. The molecule has 1 aromatic heterocycles. The summed E-state index contributed by atoms with van der Waals surface area (Å²) in [6.45, 7) is 4.09. The minimum atomic E-state index is 0.000833. The van der Waals surface area contributed by atoms with Gasteiger partial charge in [0.25, 0.3) is 5.56 Å². The van der Waals surface area contributed by atoms with Gasteiger partial charge in [-0.1, -0.05) is 24.6 Å². The topological polar surface area (TPSA) is 32.9 Å². The molecule has 0 saturated carbocycles. The molecule has 14 heavy (non-hydrogen) atoms. The van der Waals surface area contributed by atoms with Gasteiger partial charge in [0.2, 0.25) is 0 Å². The highest BCUT2D eigenvalue weighted by Gasteiger charge is 2.02. The van der Waals surface area contributed by atoms with Crippen LogP contribution in [0.5, 0.6) is 0 Å². The van der Waals surface area contributed by atoms with Gasteiger partial charge in [-0.15, -0.1) is 0 Å². The highest BCUT2D eigenvalue weighted by molar-refractivity contribution is 5.85. The van der Waals surface area contributed by atoms with Crippen LogP contribution in [-0.4, -0.2) is 4.98 Å². The van der Waals surface area contributed by atoms with E-state index in [1.165, 1.54) is 5.56 Å². The van der Waals surface area contributed by atoms with Crippen LogP contribution in [0.15, 0.2) is 29.2 Å².